The molecule has 0 radical (unpaired) electrons. The summed E-state index contributed by atoms with van der Waals surface area (Å²) in [6.45, 7) is 3.10. The van der Waals surface area contributed by atoms with Crippen molar-refractivity contribution in [2.75, 3.05) is 6.61 Å². The minimum atomic E-state index is 0.632. The van der Waals surface area contributed by atoms with Crippen LogP contribution in [0.5, 0.6) is 0 Å². The van der Waals surface area contributed by atoms with Crippen molar-refractivity contribution in [2.45, 2.75) is 32.6 Å². The quantitative estimate of drug-likeness (QED) is 0.626. The Morgan fingerprint density at radius 1 is 1.62 bits per heavy atom. The van der Waals surface area contributed by atoms with Gasteiger partial charge >= 0.3 is 0 Å². The van der Waals surface area contributed by atoms with Gasteiger partial charge in [0.1, 0.15) is 5.76 Å². The summed E-state index contributed by atoms with van der Waals surface area (Å²) >= 11 is 6.19. The van der Waals surface area contributed by atoms with Gasteiger partial charge in [0, 0.05) is 17.0 Å². The zero-order chi connectivity index (χ0) is 9.26. The third kappa shape index (κ3) is 1.62. The molecule has 0 spiro atoms. The average Bonchev–Trinajstić information content (AvgIpc) is 2.17. The van der Waals surface area contributed by atoms with Crippen LogP contribution in [0.1, 0.15) is 32.6 Å². The molecule has 0 unspecified atom stereocenters. The van der Waals surface area contributed by atoms with Gasteiger partial charge in [0.2, 0.25) is 0 Å². The van der Waals surface area contributed by atoms with Crippen molar-refractivity contribution < 1.29 is 4.74 Å². The number of ether oxygens (including phenoxy) is 1. The lowest BCUT2D eigenvalue weighted by atomic mass is 9.87. The molecule has 72 valence electrons. The summed E-state index contributed by atoms with van der Waals surface area (Å²) in [7, 11) is 0. The van der Waals surface area contributed by atoms with Gasteiger partial charge in [-0.1, -0.05) is 24.6 Å². The maximum atomic E-state index is 6.19. The first-order valence-corrected chi connectivity index (χ1v) is 5.42. The van der Waals surface area contributed by atoms with Crippen molar-refractivity contribution in [3.05, 3.63) is 22.4 Å². The Hall–Kier alpha value is -0.430. The van der Waals surface area contributed by atoms with Crippen LogP contribution in [0.2, 0.25) is 0 Å². The molecule has 1 nitrogen and oxygen atoms in total. The van der Waals surface area contributed by atoms with E-state index in [1.807, 2.05) is 0 Å². The molecule has 1 heterocycles. The zero-order valence-electron chi connectivity index (χ0n) is 7.98. The largest absolute Gasteiger partial charge is 0.498 e. The Balaban J connectivity index is 2.32. The van der Waals surface area contributed by atoms with Crippen LogP contribution in [-0.2, 0) is 4.74 Å². The van der Waals surface area contributed by atoms with Gasteiger partial charge in [0.25, 0.3) is 0 Å². The highest BCUT2D eigenvalue weighted by Gasteiger charge is 2.26. The van der Waals surface area contributed by atoms with Gasteiger partial charge in [-0.05, 0) is 25.2 Å². The van der Waals surface area contributed by atoms with E-state index in [-0.39, 0.29) is 0 Å². The molecule has 2 aliphatic rings. The number of halogens is 1. The van der Waals surface area contributed by atoms with E-state index in [9.17, 15) is 0 Å². The van der Waals surface area contributed by atoms with E-state index in [1.54, 1.807) is 0 Å². The van der Waals surface area contributed by atoms with Crippen LogP contribution >= 0.6 is 11.6 Å². The van der Waals surface area contributed by atoms with Crippen molar-refractivity contribution >= 4 is 11.6 Å². The van der Waals surface area contributed by atoms with Crippen LogP contribution in [0.25, 0.3) is 0 Å². The first-order chi connectivity index (χ1) is 6.33. The fraction of sp³-hybridized carbons (Fsp3) is 0.636. The summed E-state index contributed by atoms with van der Waals surface area (Å²) in [5.41, 5.74) is 1.29. The molecular formula is C11H15ClO. The second-order valence-electron chi connectivity index (χ2n) is 3.67. The lowest BCUT2D eigenvalue weighted by molar-refractivity contribution is 0.156. The summed E-state index contributed by atoms with van der Waals surface area (Å²) < 4.78 is 5.64. The Morgan fingerprint density at radius 2 is 2.46 bits per heavy atom. The van der Waals surface area contributed by atoms with Crippen LogP contribution in [-0.4, -0.2) is 6.61 Å². The van der Waals surface area contributed by atoms with E-state index < -0.39 is 0 Å². The minimum Gasteiger partial charge on any atom is -0.498 e. The molecule has 0 aromatic rings. The van der Waals surface area contributed by atoms with Crippen molar-refractivity contribution in [1.29, 1.82) is 0 Å². The van der Waals surface area contributed by atoms with Gasteiger partial charge < -0.3 is 4.74 Å². The molecule has 0 saturated carbocycles. The molecule has 1 aliphatic heterocycles. The summed E-state index contributed by atoms with van der Waals surface area (Å²) in [5.74, 6) is 1.79. The second-order valence-corrected chi connectivity index (χ2v) is 4.08. The summed E-state index contributed by atoms with van der Waals surface area (Å²) in [4.78, 5) is 0. The van der Waals surface area contributed by atoms with Crippen LogP contribution in [0.4, 0.5) is 0 Å². The Labute approximate surface area is 84.4 Å². The van der Waals surface area contributed by atoms with Gasteiger partial charge in [-0.3, -0.25) is 0 Å². The molecule has 1 atom stereocenters. The standard InChI is InChI=1S/C11H15ClO/c1-2-8-6-7-13-10-5-3-4-9(12)11(8)10/h4,8H,2-3,5-7H2,1H3/t8-/m0/s1. The lowest BCUT2D eigenvalue weighted by Gasteiger charge is -2.30. The van der Waals surface area contributed by atoms with Crippen LogP contribution in [0, 0.1) is 5.92 Å². The van der Waals surface area contributed by atoms with E-state index in [2.05, 4.69) is 13.0 Å². The lowest BCUT2D eigenvalue weighted by Crippen LogP contribution is -2.18. The van der Waals surface area contributed by atoms with Gasteiger partial charge in [0.05, 0.1) is 6.61 Å². The third-order valence-corrected chi connectivity index (χ3v) is 3.25. The maximum absolute atomic E-state index is 6.19. The molecule has 0 aromatic heterocycles. The van der Waals surface area contributed by atoms with Crippen LogP contribution in [0.15, 0.2) is 22.4 Å². The Bertz CT molecular complexity index is 265. The molecule has 2 heteroatoms. The molecular weight excluding hydrogens is 184 g/mol. The molecule has 2 rings (SSSR count). The molecule has 13 heavy (non-hydrogen) atoms. The van der Waals surface area contributed by atoms with E-state index in [4.69, 9.17) is 16.3 Å². The van der Waals surface area contributed by atoms with E-state index in [0.717, 1.165) is 36.7 Å². The van der Waals surface area contributed by atoms with Gasteiger partial charge in [0.15, 0.2) is 0 Å². The Kier molecular flexibility index (Phi) is 2.63. The highest BCUT2D eigenvalue weighted by molar-refractivity contribution is 6.32. The van der Waals surface area contributed by atoms with Crippen molar-refractivity contribution in [3.63, 3.8) is 0 Å². The normalized spacial score (nSPS) is 27.8. The first kappa shape index (κ1) is 9.14. The summed E-state index contributed by atoms with van der Waals surface area (Å²) in [5, 5.41) is 0.938. The monoisotopic (exact) mass is 198 g/mol. The maximum Gasteiger partial charge on any atom is 0.101 e. The molecule has 0 aromatic carbocycles. The molecule has 0 fully saturated rings. The third-order valence-electron chi connectivity index (χ3n) is 2.90. The number of hydrogen-bond donors (Lipinski definition) is 0. The van der Waals surface area contributed by atoms with Crippen molar-refractivity contribution in [3.8, 4) is 0 Å². The molecule has 0 amide bonds. The smallest absolute Gasteiger partial charge is 0.101 e. The fourth-order valence-corrected chi connectivity index (χ4v) is 2.53. The van der Waals surface area contributed by atoms with Crippen LogP contribution < -0.4 is 0 Å². The fourth-order valence-electron chi connectivity index (χ4n) is 2.16. The summed E-state index contributed by atoms with van der Waals surface area (Å²) in [6.07, 6.45) is 6.50. The molecule has 1 aliphatic carbocycles. The SMILES string of the molecule is CC[C@H]1CCOC2=C1C(Cl)=CCC2. The van der Waals surface area contributed by atoms with Crippen molar-refractivity contribution in [1.82, 2.24) is 0 Å². The highest BCUT2D eigenvalue weighted by atomic mass is 35.5. The summed E-state index contributed by atoms with van der Waals surface area (Å²) in [6, 6.07) is 0. The molecule has 0 bridgehead atoms. The zero-order valence-corrected chi connectivity index (χ0v) is 8.73. The van der Waals surface area contributed by atoms with Crippen LogP contribution in [0.3, 0.4) is 0 Å². The predicted molar refractivity (Wildman–Crippen MR) is 54.5 cm³/mol. The average molecular weight is 199 g/mol. The van der Waals surface area contributed by atoms with Crippen molar-refractivity contribution in [2.24, 2.45) is 5.92 Å². The van der Waals surface area contributed by atoms with E-state index in [0.29, 0.717) is 5.92 Å². The highest BCUT2D eigenvalue weighted by Crippen LogP contribution is 2.39. The topological polar surface area (TPSA) is 9.23 Å². The first-order valence-electron chi connectivity index (χ1n) is 5.04. The van der Waals surface area contributed by atoms with Gasteiger partial charge in [-0.25, -0.2) is 0 Å². The number of allylic oxidation sites excluding steroid dienone is 4. The van der Waals surface area contributed by atoms with E-state index >= 15 is 0 Å². The Morgan fingerprint density at radius 3 is 3.23 bits per heavy atom. The second kappa shape index (κ2) is 3.75. The molecule has 0 N–H and O–H groups in total. The van der Waals surface area contributed by atoms with Gasteiger partial charge in [-0.2, -0.15) is 0 Å². The van der Waals surface area contributed by atoms with Gasteiger partial charge in [-0.15, -0.1) is 0 Å². The number of rotatable bonds is 1. The minimum absolute atomic E-state index is 0.632. The van der Waals surface area contributed by atoms with E-state index in [1.165, 1.54) is 12.0 Å². The number of hydrogen-bond acceptors (Lipinski definition) is 1. The predicted octanol–water partition coefficient (Wildman–Crippen LogP) is 3.60. The molecule has 0 saturated heterocycles.